The van der Waals surface area contributed by atoms with E-state index in [0.717, 1.165) is 32.1 Å². The summed E-state index contributed by atoms with van der Waals surface area (Å²) < 4.78 is 5.56. The van der Waals surface area contributed by atoms with E-state index >= 15 is 0 Å². The van der Waals surface area contributed by atoms with Crippen molar-refractivity contribution in [2.24, 2.45) is 5.92 Å². The van der Waals surface area contributed by atoms with Gasteiger partial charge in [-0.05, 0) is 42.7 Å². The van der Waals surface area contributed by atoms with Crippen LogP contribution >= 0.6 is 0 Å². The number of carbonyl (C=O) groups excluding carboxylic acids is 1. The molecule has 17 heavy (non-hydrogen) atoms. The Morgan fingerprint density at radius 2 is 2.06 bits per heavy atom. The largest absolute Gasteiger partial charge is 0.462 e. The van der Waals surface area contributed by atoms with E-state index in [4.69, 9.17) is 4.74 Å². The van der Waals surface area contributed by atoms with E-state index in [1.54, 1.807) is 0 Å². The lowest BCUT2D eigenvalue weighted by molar-refractivity contribution is -0.145. The topological polar surface area (TPSA) is 26.3 Å². The van der Waals surface area contributed by atoms with Crippen LogP contribution in [-0.2, 0) is 21.4 Å². The zero-order valence-corrected chi connectivity index (χ0v) is 9.82. The summed E-state index contributed by atoms with van der Waals surface area (Å²) in [6, 6.07) is 8.47. The Labute approximate surface area is 101 Å². The van der Waals surface area contributed by atoms with Gasteiger partial charge in [0.2, 0.25) is 0 Å². The third-order valence-electron chi connectivity index (χ3n) is 4.98. The van der Waals surface area contributed by atoms with Crippen LogP contribution in [0.15, 0.2) is 24.3 Å². The predicted octanol–water partition coefficient (Wildman–Crippen LogP) is 2.60. The third kappa shape index (κ3) is 1.09. The van der Waals surface area contributed by atoms with Crippen LogP contribution in [0.2, 0.25) is 0 Å². The number of hydrogen-bond acceptors (Lipinski definition) is 2. The maximum Gasteiger partial charge on any atom is 0.317 e. The fraction of sp³-hybridized carbons (Fsp3) is 0.533. The highest BCUT2D eigenvalue weighted by molar-refractivity contribution is 5.87. The van der Waals surface area contributed by atoms with Crippen LogP contribution < -0.4 is 0 Å². The molecule has 1 aliphatic heterocycles. The number of esters is 1. The maximum atomic E-state index is 12.4. The summed E-state index contributed by atoms with van der Waals surface area (Å²) >= 11 is 0. The summed E-state index contributed by atoms with van der Waals surface area (Å²) in [7, 11) is 0. The first-order chi connectivity index (χ1) is 8.30. The van der Waals surface area contributed by atoms with Gasteiger partial charge in [-0.1, -0.05) is 24.3 Å². The Balaban J connectivity index is 1.95. The molecule has 0 N–H and O–H groups in total. The van der Waals surface area contributed by atoms with Crippen LogP contribution in [0.5, 0.6) is 0 Å². The van der Waals surface area contributed by atoms with Crippen LogP contribution in [0.3, 0.4) is 0 Å². The van der Waals surface area contributed by atoms with Gasteiger partial charge in [-0.3, -0.25) is 4.79 Å². The van der Waals surface area contributed by atoms with Gasteiger partial charge in [0.1, 0.15) is 6.10 Å². The molecule has 1 saturated heterocycles. The molecule has 3 atom stereocenters. The zero-order chi connectivity index (χ0) is 11.5. The van der Waals surface area contributed by atoms with Crippen LogP contribution in [0.4, 0.5) is 0 Å². The van der Waals surface area contributed by atoms with Crippen molar-refractivity contribution in [1.29, 1.82) is 0 Å². The molecule has 4 rings (SSSR count). The quantitative estimate of drug-likeness (QED) is 0.638. The molecule has 1 spiro atoms. The Bertz CT molecular complexity index is 493. The van der Waals surface area contributed by atoms with Crippen molar-refractivity contribution in [3.05, 3.63) is 35.4 Å². The van der Waals surface area contributed by atoms with E-state index in [2.05, 4.69) is 24.3 Å². The van der Waals surface area contributed by atoms with Crippen molar-refractivity contribution >= 4 is 5.97 Å². The minimum atomic E-state index is -0.280. The standard InChI is InChI=1S/C15H16O2/c16-14-15-9-12(17-14)8-7-11(15)6-5-10-3-1-2-4-13(10)15/h1-4,11-12H,5-9H2. The number of ether oxygens (including phenoxy) is 1. The highest BCUT2D eigenvalue weighted by Crippen LogP contribution is 2.54. The van der Waals surface area contributed by atoms with E-state index in [1.807, 2.05) is 0 Å². The van der Waals surface area contributed by atoms with E-state index in [-0.39, 0.29) is 17.5 Å². The molecule has 88 valence electrons. The summed E-state index contributed by atoms with van der Waals surface area (Å²) in [5, 5.41) is 0. The Kier molecular flexibility index (Phi) is 1.78. The van der Waals surface area contributed by atoms with Gasteiger partial charge in [-0.2, -0.15) is 0 Å². The number of fused-ring (bicyclic) bond motifs is 2. The minimum absolute atomic E-state index is 0.0529. The van der Waals surface area contributed by atoms with Crippen LogP contribution in [0.25, 0.3) is 0 Å². The van der Waals surface area contributed by atoms with Crippen molar-refractivity contribution in [2.75, 3.05) is 0 Å². The van der Waals surface area contributed by atoms with Gasteiger partial charge < -0.3 is 4.74 Å². The number of aryl methyl sites for hydroxylation is 1. The summed E-state index contributed by atoms with van der Waals surface area (Å²) in [6.45, 7) is 0. The second-order valence-corrected chi connectivity index (χ2v) is 5.67. The molecule has 2 heteroatoms. The van der Waals surface area contributed by atoms with Gasteiger partial charge in [0, 0.05) is 6.42 Å². The first-order valence-electron chi connectivity index (χ1n) is 6.60. The first-order valence-corrected chi connectivity index (χ1v) is 6.60. The molecule has 3 aliphatic rings. The summed E-state index contributed by atoms with van der Waals surface area (Å²) in [5.41, 5.74) is 2.35. The van der Waals surface area contributed by atoms with E-state index in [1.165, 1.54) is 11.1 Å². The first kappa shape index (κ1) is 9.69. The number of rotatable bonds is 0. The van der Waals surface area contributed by atoms with E-state index in [9.17, 15) is 4.79 Å². The molecule has 1 aromatic rings. The van der Waals surface area contributed by atoms with Crippen LogP contribution in [-0.4, -0.2) is 12.1 Å². The molecule has 0 amide bonds. The average Bonchev–Trinajstić information content (AvgIpc) is 2.62. The molecule has 1 aromatic carbocycles. The molecular weight excluding hydrogens is 212 g/mol. The minimum Gasteiger partial charge on any atom is -0.462 e. The van der Waals surface area contributed by atoms with E-state index < -0.39 is 0 Å². The lowest BCUT2D eigenvalue weighted by Crippen LogP contribution is -2.45. The van der Waals surface area contributed by atoms with Crippen LogP contribution in [0, 0.1) is 5.92 Å². The van der Waals surface area contributed by atoms with Gasteiger partial charge in [-0.15, -0.1) is 0 Å². The SMILES string of the molecule is O=C1OC2CCC3CCc4ccccc4C13C2. The Morgan fingerprint density at radius 1 is 1.18 bits per heavy atom. The fourth-order valence-corrected chi connectivity index (χ4v) is 4.20. The fourth-order valence-electron chi connectivity index (χ4n) is 4.20. The molecule has 1 saturated carbocycles. The monoisotopic (exact) mass is 228 g/mol. The molecule has 2 bridgehead atoms. The molecule has 2 nitrogen and oxygen atoms in total. The number of benzene rings is 1. The maximum absolute atomic E-state index is 12.4. The molecule has 0 radical (unpaired) electrons. The third-order valence-corrected chi connectivity index (χ3v) is 4.98. The number of hydrogen-bond donors (Lipinski definition) is 0. The highest BCUT2D eigenvalue weighted by atomic mass is 16.6. The molecule has 3 unspecified atom stereocenters. The van der Waals surface area contributed by atoms with Gasteiger partial charge >= 0.3 is 5.97 Å². The summed E-state index contributed by atoms with van der Waals surface area (Å²) in [5.74, 6) is 0.570. The molecule has 1 heterocycles. The predicted molar refractivity (Wildman–Crippen MR) is 63.7 cm³/mol. The summed E-state index contributed by atoms with van der Waals surface area (Å²) in [4.78, 5) is 12.4. The average molecular weight is 228 g/mol. The van der Waals surface area contributed by atoms with Crippen molar-refractivity contribution in [1.82, 2.24) is 0 Å². The summed E-state index contributed by atoms with van der Waals surface area (Å²) in [6.07, 6.45) is 5.61. The van der Waals surface area contributed by atoms with Gasteiger partial charge in [-0.25, -0.2) is 0 Å². The van der Waals surface area contributed by atoms with Gasteiger partial charge in [0.15, 0.2) is 0 Å². The lowest BCUT2D eigenvalue weighted by atomic mass is 9.58. The van der Waals surface area contributed by atoms with Gasteiger partial charge in [0.25, 0.3) is 0 Å². The van der Waals surface area contributed by atoms with Crippen molar-refractivity contribution in [2.45, 2.75) is 43.6 Å². The van der Waals surface area contributed by atoms with Gasteiger partial charge in [0.05, 0.1) is 5.41 Å². The van der Waals surface area contributed by atoms with E-state index in [0.29, 0.717) is 5.92 Å². The smallest absolute Gasteiger partial charge is 0.317 e. The Hall–Kier alpha value is -1.31. The van der Waals surface area contributed by atoms with Crippen LogP contribution in [0.1, 0.15) is 36.8 Å². The van der Waals surface area contributed by atoms with Crippen molar-refractivity contribution in [3.8, 4) is 0 Å². The normalized spacial score (nSPS) is 38.2. The van der Waals surface area contributed by atoms with Crippen molar-refractivity contribution < 1.29 is 9.53 Å². The molecular formula is C15H16O2. The molecule has 2 aliphatic carbocycles. The van der Waals surface area contributed by atoms with Crippen molar-refractivity contribution in [3.63, 3.8) is 0 Å². The molecule has 0 aromatic heterocycles. The number of carbonyl (C=O) groups is 1. The Morgan fingerprint density at radius 3 is 3.00 bits per heavy atom. The lowest BCUT2D eigenvalue weighted by Gasteiger charge is -2.41. The second-order valence-electron chi connectivity index (χ2n) is 5.67. The molecule has 2 fully saturated rings. The second kappa shape index (κ2) is 3.12. The zero-order valence-electron chi connectivity index (χ0n) is 9.82. The highest BCUT2D eigenvalue weighted by Gasteiger charge is 2.59.